The molecule has 0 spiro atoms. The Labute approximate surface area is 92.4 Å². The number of hydrogen-bond acceptors (Lipinski definition) is 5. The minimum atomic E-state index is -0.236. The molecule has 1 amide bonds. The third kappa shape index (κ3) is 1.78. The molecule has 2 atom stereocenters. The third-order valence-corrected chi connectivity index (χ3v) is 3.36. The summed E-state index contributed by atoms with van der Waals surface area (Å²) in [5.74, 6) is -0.120. The molecule has 2 aliphatic rings. The number of carbonyl (C=O) groups is 1. The average molecular weight is 222 g/mol. The molecule has 3 heterocycles. The molecule has 2 bridgehead atoms. The van der Waals surface area contributed by atoms with Crippen molar-refractivity contribution in [3.8, 4) is 0 Å². The summed E-state index contributed by atoms with van der Waals surface area (Å²) < 4.78 is 0. The van der Waals surface area contributed by atoms with Crippen molar-refractivity contribution < 1.29 is 4.79 Å². The van der Waals surface area contributed by atoms with E-state index in [1.165, 1.54) is 12.8 Å². The Balaban J connectivity index is 1.61. The van der Waals surface area contributed by atoms with E-state index in [9.17, 15) is 4.79 Å². The molecule has 0 saturated carbocycles. The topological polar surface area (TPSA) is 95.6 Å². The first kappa shape index (κ1) is 9.71. The van der Waals surface area contributed by atoms with Gasteiger partial charge in [-0.25, -0.2) is 0 Å². The molecule has 2 fully saturated rings. The number of hydrogen-bond donors (Lipinski definition) is 3. The highest BCUT2D eigenvalue weighted by Gasteiger charge is 2.34. The number of aromatic nitrogens is 4. The lowest BCUT2D eigenvalue weighted by atomic mass is 10.00. The average Bonchev–Trinajstić information content (AvgIpc) is 2.88. The molecule has 0 radical (unpaired) electrons. The largest absolute Gasteiger partial charge is 0.346 e. The van der Waals surface area contributed by atoms with E-state index in [0.29, 0.717) is 12.1 Å². The van der Waals surface area contributed by atoms with E-state index >= 15 is 0 Å². The van der Waals surface area contributed by atoms with Crippen molar-refractivity contribution in [3.63, 3.8) is 0 Å². The van der Waals surface area contributed by atoms with E-state index in [2.05, 4.69) is 31.3 Å². The minimum absolute atomic E-state index is 0.117. The van der Waals surface area contributed by atoms with Gasteiger partial charge >= 0.3 is 0 Å². The van der Waals surface area contributed by atoms with E-state index in [1.807, 2.05) is 0 Å². The van der Waals surface area contributed by atoms with Crippen LogP contribution in [0.3, 0.4) is 0 Å². The van der Waals surface area contributed by atoms with Crippen LogP contribution in [0, 0.1) is 0 Å². The Kier molecular flexibility index (Phi) is 2.32. The van der Waals surface area contributed by atoms with Crippen LogP contribution in [0.1, 0.15) is 36.3 Å². The van der Waals surface area contributed by atoms with Crippen LogP contribution >= 0.6 is 0 Å². The lowest BCUT2D eigenvalue weighted by Gasteiger charge is -2.29. The van der Waals surface area contributed by atoms with Crippen LogP contribution in [0.25, 0.3) is 0 Å². The second-order valence-corrected chi connectivity index (χ2v) is 4.52. The van der Waals surface area contributed by atoms with Crippen LogP contribution in [0.15, 0.2) is 0 Å². The van der Waals surface area contributed by atoms with Gasteiger partial charge in [-0.15, -0.1) is 10.2 Å². The number of fused-ring (bicyclic) bond motifs is 2. The summed E-state index contributed by atoms with van der Waals surface area (Å²) in [4.78, 5) is 11.7. The zero-order chi connectivity index (χ0) is 11.0. The summed E-state index contributed by atoms with van der Waals surface area (Å²) in [7, 11) is 0. The van der Waals surface area contributed by atoms with Crippen LogP contribution in [0.2, 0.25) is 0 Å². The fraction of sp³-hybridized carbons (Fsp3) is 0.778. The first-order chi connectivity index (χ1) is 7.81. The zero-order valence-corrected chi connectivity index (χ0v) is 8.81. The zero-order valence-electron chi connectivity index (χ0n) is 8.81. The molecule has 86 valence electrons. The number of piperidine rings is 1. The number of nitrogens with one attached hydrogen (secondary N) is 3. The van der Waals surface area contributed by atoms with Crippen molar-refractivity contribution in [2.24, 2.45) is 0 Å². The van der Waals surface area contributed by atoms with Crippen LogP contribution in [-0.4, -0.2) is 44.7 Å². The van der Waals surface area contributed by atoms with E-state index in [-0.39, 0.29) is 17.8 Å². The number of H-pyrrole nitrogens is 1. The highest BCUT2D eigenvalue weighted by Crippen LogP contribution is 2.26. The van der Waals surface area contributed by atoms with Gasteiger partial charge in [-0.2, -0.15) is 5.21 Å². The Morgan fingerprint density at radius 1 is 1.31 bits per heavy atom. The predicted molar refractivity (Wildman–Crippen MR) is 54.6 cm³/mol. The Hall–Kier alpha value is -1.50. The fourth-order valence-electron chi connectivity index (χ4n) is 2.68. The normalized spacial score (nSPS) is 32.6. The summed E-state index contributed by atoms with van der Waals surface area (Å²) in [5, 5.41) is 19.4. The molecular weight excluding hydrogens is 208 g/mol. The lowest BCUT2D eigenvalue weighted by molar-refractivity contribution is 0.0913. The van der Waals surface area contributed by atoms with Crippen molar-refractivity contribution in [1.29, 1.82) is 0 Å². The highest BCUT2D eigenvalue weighted by molar-refractivity contribution is 5.90. The molecule has 0 aliphatic carbocycles. The molecule has 1 aromatic heterocycles. The summed E-state index contributed by atoms with van der Waals surface area (Å²) >= 11 is 0. The van der Waals surface area contributed by atoms with Gasteiger partial charge in [0.05, 0.1) is 0 Å². The van der Waals surface area contributed by atoms with Gasteiger partial charge in [0.1, 0.15) is 0 Å². The molecule has 0 aromatic carbocycles. The predicted octanol–water partition coefficient (Wildman–Crippen LogP) is -0.787. The van der Waals surface area contributed by atoms with E-state index in [4.69, 9.17) is 0 Å². The van der Waals surface area contributed by atoms with Crippen LogP contribution in [-0.2, 0) is 0 Å². The summed E-state index contributed by atoms with van der Waals surface area (Å²) in [6, 6.07) is 1.37. The fourth-order valence-corrected chi connectivity index (χ4v) is 2.68. The molecule has 2 aliphatic heterocycles. The van der Waals surface area contributed by atoms with E-state index < -0.39 is 0 Å². The van der Waals surface area contributed by atoms with Gasteiger partial charge in [-0.05, 0) is 30.9 Å². The minimum Gasteiger partial charge on any atom is -0.346 e. The Bertz CT molecular complexity index is 365. The maximum atomic E-state index is 11.7. The number of aromatic amines is 1. The molecule has 3 rings (SSSR count). The highest BCUT2D eigenvalue weighted by atomic mass is 16.2. The monoisotopic (exact) mass is 222 g/mol. The van der Waals surface area contributed by atoms with Gasteiger partial charge < -0.3 is 10.6 Å². The SMILES string of the molecule is O=C(NC1CC2CCC(C1)N2)c1nn[nH]n1. The van der Waals surface area contributed by atoms with Crippen LogP contribution < -0.4 is 10.6 Å². The van der Waals surface area contributed by atoms with Gasteiger partial charge in [-0.1, -0.05) is 0 Å². The second kappa shape index (κ2) is 3.82. The van der Waals surface area contributed by atoms with Crippen molar-refractivity contribution in [1.82, 2.24) is 31.3 Å². The third-order valence-electron chi connectivity index (χ3n) is 3.36. The smallest absolute Gasteiger partial charge is 0.293 e. The molecule has 1 aromatic rings. The lowest BCUT2D eigenvalue weighted by Crippen LogP contribution is -2.48. The Morgan fingerprint density at radius 3 is 2.69 bits per heavy atom. The number of nitrogens with zero attached hydrogens (tertiary/aromatic N) is 3. The number of tetrazole rings is 1. The van der Waals surface area contributed by atoms with Gasteiger partial charge in [0.15, 0.2) is 0 Å². The molecule has 7 heteroatoms. The standard InChI is InChI=1S/C9H14N6O/c16-9(8-12-14-15-13-8)11-7-3-5-1-2-6(4-7)10-5/h5-7,10H,1-4H2,(H,11,16)(H,12,13,14,15). The van der Waals surface area contributed by atoms with E-state index in [0.717, 1.165) is 12.8 Å². The van der Waals surface area contributed by atoms with Crippen molar-refractivity contribution in [2.45, 2.75) is 43.8 Å². The summed E-state index contributed by atoms with van der Waals surface area (Å²) in [6.07, 6.45) is 4.44. The van der Waals surface area contributed by atoms with Gasteiger partial charge in [-0.3, -0.25) is 4.79 Å². The van der Waals surface area contributed by atoms with Gasteiger partial charge in [0.2, 0.25) is 0 Å². The maximum absolute atomic E-state index is 11.7. The van der Waals surface area contributed by atoms with Crippen LogP contribution in [0.4, 0.5) is 0 Å². The number of rotatable bonds is 2. The molecule has 3 N–H and O–H groups in total. The van der Waals surface area contributed by atoms with Crippen molar-refractivity contribution in [3.05, 3.63) is 5.82 Å². The maximum Gasteiger partial charge on any atom is 0.293 e. The molecule has 16 heavy (non-hydrogen) atoms. The number of amides is 1. The molecule has 2 unspecified atom stereocenters. The summed E-state index contributed by atoms with van der Waals surface area (Å²) in [5.41, 5.74) is 0. The van der Waals surface area contributed by atoms with E-state index in [1.54, 1.807) is 0 Å². The second-order valence-electron chi connectivity index (χ2n) is 4.52. The molecule has 2 saturated heterocycles. The number of carbonyl (C=O) groups excluding carboxylic acids is 1. The summed E-state index contributed by atoms with van der Waals surface area (Å²) in [6.45, 7) is 0. The first-order valence-corrected chi connectivity index (χ1v) is 5.61. The Morgan fingerprint density at radius 2 is 2.06 bits per heavy atom. The van der Waals surface area contributed by atoms with Crippen molar-refractivity contribution in [2.75, 3.05) is 0 Å². The molecular formula is C9H14N6O. The first-order valence-electron chi connectivity index (χ1n) is 5.61. The van der Waals surface area contributed by atoms with Crippen LogP contribution in [0.5, 0.6) is 0 Å². The van der Waals surface area contributed by atoms with Crippen molar-refractivity contribution >= 4 is 5.91 Å². The quantitative estimate of drug-likeness (QED) is 0.609. The van der Waals surface area contributed by atoms with Gasteiger partial charge in [0, 0.05) is 18.1 Å². The molecule has 7 nitrogen and oxygen atoms in total. The van der Waals surface area contributed by atoms with Gasteiger partial charge in [0.25, 0.3) is 11.7 Å².